The molecular weight excluding hydrogens is 228 g/mol. The molecule has 0 aliphatic carbocycles. The lowest BCUT2D eigenvalue weighted by Gasteiger charge is -2.08. The molecule has 0 amide bonds. The highest BCUT2D eigenvalue weighted by atomic mass is 32.1. The molecule has 0 saturated heterocycles. The van der Waals surface area contributed by atoms with Gasteiger partial charge in [0.2, 0.25) is 0 Å². The largest absolute Gasteiger partial charge is 0.508 e. The van der Waals surface area contributed by atoms with Crippen molar-refractivity contribution in [2.45, 2.75) is 19.8 Å². The van der Waals surface area contributed by atoms with Gasteiger partial charge < -0.3 is 5.11 Å². The van der Waals surface area contributed by atoms with Crippen LogP contribution in [0.25, 0.3) is 12.2 Å². The van der Waals surface area contributed by atoms with Crippen LogP contribution in [0.1, 0.15) is 35.8 Å². The number of thiophene rings is 1. The summed E-state index contributed by atoms with van der Waals surface area (Å²) in [6, 6.07) is 9.96. The lowest BCUT2D eigenvalue weighted by molar-refractivity contribution is 0.465. The Morgan fingerprint density at radius 1 is 1.18 bits per heavy atom. The predicted molar refractivity (Wildman–Crippen MR) is 75.4 cm³/mol. The molecule has 88 valence electrons. The van der Waals surface area contributed by atoms with E-state index in [1.807, 2.05) is 30.3 Å². The van der Waals surface area contributed by atoms with E-state index in [4.69, 9.17) is 0 Å². The Bertz CT molecular complexity index is 510. The average molecular weight is 244 g/mol. The molecule has 0 fully saturated rings. The highest BCUT2D eigenvalue weighted by Crippen LogP contribution is 2.27. The minimum absolute atomic E-state index is 0.352. The highest BCUT2D eigenvalue weighted by Gasteiger charge is 2.05. The van der Waals surface area contributed by atoms with E-state index in [1.54, 1.807) is 11.3 Å². The van der Waals surface area contributed by atoms with E-state index in [9.17, 15) is 5.11 Å². The van der Waals surface area contributed by atoms with Gasteiger partial charge in [-0.05, 0) is 40.6 Å². The van der Waals surface area contributed by atoms with Gasteiger partial charge in [0.15, 0.2) is 0 Å². The summed E-state index contributed by atoms with van der Waals surface area (Å²) in [4.78, 5) is 1.22. The van der Waals surface area contributed by atoms with Crippen molar-refractivity contribution in [1.29, 1.82) is 0 Å². The molecule has 0 aliphatic heterocycles. The minimum Gasteiger partial charge on any atom is -0.508 e. The van der Waals surface area contributed by atoms with E-state index < -0.39 is 0 Å². The molecule has 0 unspecified atom stereocenters. The summed E-state index contributed by atoms with van der Waals surface area (Å²) in [5, 5.41) is 11.9. The first-order chi connectivity index (χ1) is 8.16. The van der Waals surface area contributed by atoms with Crippen LogP contribution in [-0.4, -0.2) is 5.11 Å². The molecule has 1 aromatic carbocycles. The van der Waals surface area contributed by atoms with Gasteiger partial charge in [0.05, 0.1) is 0 Å². The van der Waals surface area contributed by atoms with Crippen molar-refractivity contribution < 1.29 is 5.11 Å². The van der Waals surface area contributed by atoms with Gasteiger partial charge in [-0.1, -0.05) is 38.1 Å². The molecule has 0 atom stereocenters. The van der Waals surface area contributed by atoms with Crippen molar-refractivity contribution in [2.24, 2.45) is 0 Å². The summed E-state index contributed by atoms with van der Waals surface area (Å²) in [5.74, 6) is 0.735. The summed E-state index contributed by atoms with van der Waals surface area (Å²) >= 11 is 1.71. The Morgan fingerprint density at radius 3 is 2.59 bits per heavy atom. The number of aromatic hydroxyl groups is 1. The average Bonchev–Trinajstić information content (AvgIpc) is 2.78. The van der Waals surface area contributed by atoms with E-state index in [-0.39, 0.29) is 0 Å². The van der Waals surface area contributed by atoms with Crippen molar-refractivity contribution in [1.82, 2.24) is 0 Å². The van der Waals surface area contributed by atoms with Crippen molar-refractivity contribution in [3.63, 3.8) is 0 Å². The van der Waals surface area contributed by atoms with Crippen molar-refractivity contribution in [3.05, 3.63) is 51.7 Å². The molecule has 0 bridgehead atoms. The third-order valence-corrected chi connectivity index (χ3v) is 3.50. The van der Waals surface area contributed by atoms with E-state index in [2.05, 4.69) is 31.4 Å². The first kappa shape index (κ1) is 11.9. The van der Waals surface area contributed by atoms with Crippen molar-refractivity contribution in [3.8, 4) is 5.75 Å². The molecule has 0 radical (unpaired) electrons. The van der Waals surface area contributed by atoms with Crippen LogP contribution in [0.4, 0.5) is 0 Å². The Labute approximate surface area is 106 Å². The van der Waals surface area contributed by atoms with Crippen LogP contribution in [0, 0.1) is 0 Å². The van der Waals surface area contributed by atoms with Crippen LogP contribution in [0.15, 0.2) is 35.7 Å². The molecule has 17 heavy (non-hydrogen) atoms. The fraction of sp³-hybridized carbons (Fsp3) is 0.200. The maximum absolute atomic E-state index is 9.89. The standard InChI is InChI=1S/C15H16OS/c1-11(2)14-8-6-12(10-15(14)16)5-7-13-4-3-9-17-13/h3-11,16H,1-2H3/b7-5+. The van der Waals surface area contributed by atoms with Gasteiger partial charge in [0.1, 0.15) is 5.75 Å². The second-order valence-electron chi connectivity index (χ2n) is 4.32. The number of benzene rings is 1. The molecule has 1 aromatic heterocycles. The smallest absolute Gasteiger partial charge is 0.119 e. The molecule has 2 aromatic rings. The van der Waals surface area contributed by atoms with Crippen LogP contribution in [-0.2, 0) is 0 Å². The van der Waals surface area contributed by atoms with Crippen LogP contribution >= 0.6 is 11.3 Å². The zero-order chi connectivity index (χ0) is 12.3. The summed E-state index contributed by atoms with van der Waals surface area (Å²) in [6.45, 7) is 4.16. The summed E-state index contributed by atoms with van der Waals surface area (Å²) in [6.07, 6.45) is 4.09. The fourth-order valence-electron chi connectivity index (χ4n) is 1.72. The molecule has 2 heteroatoms. The van der Waals surface area contributed by atoms with Crippen LogP contribution in [0.2, 0.25) is 0 Å². The lowest BCUT2D eigenvalue weighted by Crippen LogP contribution is -1.88. The lowest BCUT2D eigenvalue weighted by atomic mass is 10.0. The maximum Gasteiger partial charge on any atom is 0.119 e. The van der Waals surface area contributed by atoms with Gasteiger partial charge in [-0.2, -0.15) is 0 Å². The third-order valence-electron chi connectivity index (χ3n) is 2.66. The Morgan fingerprint density at radius 2 is 2.00 bits per heavy atom. The monoisotopic (exact) mass is 244 g/mol. The number of hydrogen-bond donors (Lipinski definition) is 1. The van der Waals surface area contributed by atoms with Crippen LogP contribution in [0.3, 0.4) is 0 Å². The van der Waals surface area contributed by atoms with Crippen molar-refractivity contribution >= 4 is 23.5 Å². The van der Waals surface area contributed by atoms with Crippen LogP contribution in [0.5, 0.6) is 5.75 Å². The van der Waals surface area contributed by atoms with Gasteiger partial charge in [-0.25, -0.2) is 0 Å². The first-order valence-electron chi connectivity index (χ1n) is 5.71. The summed E-state index contributed by atoms with van der Waals surface area (Å²) < 4.78 is 0. The molecule has 2 rings (SSSR count). The Kier molecular flexibility index (Phi) is 3.64. The van der Waals surface area contributed by atoms with E-state index in [1.165, 1.54) is 4.88 Å². The van der Waals surface area contributed by atoms with Gasteiger partial charge in [-0.15, -0.1) is 11.3 Å². The maximum atomic E-state index is 9.89. The summed E-state index contributed by atoms with van der Waals surface area (Å²) in [7, 11) is 0. The first-order valence-corrected chi connectivity index (χ1v) is 6.59. The topological polar surface area (TPSA) is 20.2 Å². The quantitative estimate of drug-likeness (QED) is 0.826. The number of hydrogen-bond acceptors (Lipinski definition) is 2. The second kappa shape index (κ2) is 5.19. The second-order valence-corrected chi connectivity index (χ2v) is 5.30. The number of phenols is 1. The third kappa shape index (κ3) is 2.98. The predicted octanol–water partition coefficient (Wildman–Crippen LogP) is 4.75. The molecule has 0 saturated carbocycles. The van der Waals surface area contributed by atoms with E-state index in [0.717, 1.165) is 11.1 Å². The summed E-state index contributed by atoms with van der Waals surface area (Å²) in [5.41, 5.74) is 2.03. The van der Waals surface area contributed by atoms with Gasteiger partial charge >= 0.3 is 0 Å². The highest BCUT2D eigenvalue weighted by molar-refractivity contribution is 7.10. The molecule has 1 heterocycles. The van der Waals surface area contributed by atoms with Gasteiger partial charge in [0, 0.05) is 4.88 Å². The SMILES string of the molecule is CC(C)c1ccc(/C=C/c2cccs2)cc1O. The van der Waals surface area contributed by atoms with Crippen molar-refractivity contribution in [2.75, 3.05) is 0 Å². The van der Waals surface area contributed by atoms with Gasteiger partial charge in [-0.3, -0.25) is 0 Å². The fourth-order valence-corrected chi connectivity index (χ4v) is 2.34. The molecule has 1 nitrogen and oxygen atoms in total. The zero-order valence-corrected chi connectivity index (χ0v) is 10.9. The number of phenolic OH excluding ortho intramolecular Hbond substituents is 1. The molecule has 1 N–H and O–H groups in total. The van der Waals surface area contributed by atoms with Crippen LogP contribution < -0.4 is 0 Å². The van der Waals surface area contributed by atoms with E-state index >= 15 is 0 Å². The Balaban J connectivity index is 2.21. The van der Waals surface area contributed by atoms with E-state index in [0.29, 0.717) is 11.7 Å². The Hall–Kier alpha value is -1.54. The molecular formula is C15H16OS. The minimum atomic E-state index is 0.352. The normalized spacial score (nSPS) is 11.5. The van der Waals surface area contributed by atoms with Gasteiger partial charge in [0.25, 0.3) is 0 Å². The molecule has 0 aliphatic rings. The number of rotatable bonds is 3. The zero-order valence-electron chi connectivity index (χ0n) is 10.1. The molecule has 0 spiro atoms.